The van der Waals surface area contributed by atoms with Crippen LogP contribution in [0.4, 0.5) is 0 Å². The molecule has 1 aliphatic carbocycles. The van der Waals surface area contributed by atoms with Gasteiger partial charge in [0, 0.05) is 28.0 Å². The molecule has 1 fully saturated rings. The molecule has 0 aliphatic heterocycles. The third-order valence-corrected chi connectivity index (χ3v) is 9.52. The van der Waals surface area contributed by atoms with Crippen LogP contribution in [-0.4, -0.2) is 103 Å². The summed E-state index contributed by atoms with van der Waals surface area (Å²) in [7, 11) is -10.8. The minimum Gasteiger partial charge on any atom is -0.456 e. The van der Waals surface area contributed by atoms with Gasteiger partial charge in [-0.3, -0.25) is 18.4 Å². The molecule has 344 valence electrons. The highest BCUT2D eigenvalue weighted by Gasteiger charge is 2.54. The summed E-state index contributed by atoms with van der Waals surface area (Å²) in [6.07, 6.45) is -1.05. The van der Waals surface area contributed by atoms with Gasteiger partial charge in [0.2, 0.25) is 0 Å². The first kappa shape index (κ1) is 54.7. The van der Waals surface area contributed by atoms with Crippen LogP contribution in [-0.2, 0) is 41.8 Å². The summed E-state index contributed by atoms with van der Waals surface area (Å²) >= 11 is 0. The van der Waals surface area contributed by atoms with Crippen molar-refractivity contribution in [1.29, 1.82) is 0 Å². The van der Waals surface area contributed by atoms with Crippen LogP contribution < -0.4 is 0 Å². The Labute approximate surface area is 364 Å². The smallest absolute Gasteiger partial charge is 0.456 e. The van der Waals surface area contributed by atoms with E-state index in [1.54, 1.807) is 6.92 Å². The Bertz CT molecular complexity index is 1790. The quantitative estimate of drug-likeness (QED) is 0.0216. The molecule has 7 N–H and O–H groups in total. The van der Waals surface area contributed by atoms with E-state index in [0.717, 1.165) is 32.1 Å². The van der Waals surface area contributed by atoms with Crippen molar-refractivity contribution in [2.45, 2.75) is 146 Å². The van der Waals surface area contributed by atoms with Crippen molar-refractivity contribution in [2.24, 2.45) is 0 Å². The van der Waals surface area contributed by atoms with Crippen LogP contribution in [0.3, 0.4) is 0 Å². The molecule has 0 aromatic heterocycles. The lowest BCUT2D eigenvalue weighted by Crippen LogP contribution is -2.64. The number of rotatable bonds is 24. The lowest BCUT2D eigenvalue weighted by molar-refractivity contribution is -0.216. The summed E-state index contributed by atoms with van der Waals surface area (Å²) in [5, 5.41) is 40.9. The summed E-state index contributed by atoms with van der Waals surface area (Å²) in [6, 6.07) is 0. The molecule has 0 spiro atoms. The van der Waals surface area contributed by atoms with E-state index >= 15 is 0 Å². The first-order valence-electron chi connectivity index (χ1n) is 18.5. The molecule has 1 rings (SSSR count). The number of aliphatic hydroxyl groups excluding tert-OH is 4. The molecule has 58 heavy (non-hydrogen) atoms. The SMILES string of the molecule is CC#CC#CC#CC#CC#CC#CC(=O)OC[C@H](COP(=O)(O)OC1C(O)[C@@H](OP(=O)(O)O)C(O)[C@@H](O)[C@H]1O)OC(=O)CCCCCCCCCCCCCCC.S.[HH].[HH].[HH].[HH].[HH].[HH].[HH].[HH].[HH].[HH].[HH]. The molecular weight excluding hydrogens is 818 g/mol. The van der Waals surface area contributed by atoms with Gasteiger partial charge in [-0.15, -0.1) is 0 Å². The Balaban J connectivity index is -0.000000271. The van der Waals surface area contributed by atoms with Crippen molar-refractivity contribution < 1.29 is 92.6 Å². The number of phosphoric ester groups is 2. The van der Waals surface area contributed by atoms with Gasteiger partial charge < -0.3 is 44.6 Å². The predicted molar refractivity (Wildman–Crippen MR) is 239 cm³/mol. The molecule has 0 bridgehead atoms. The Morgan fingerprint density at radius 2 is 1.07 bits per heavy atom. The van der Waals surface area contributed by atoms with Gasteiger partial charge in [0.05, 0.1) is 6.61 Å². The Hall–Kier alpha value is -3.29. The molecule has 1 saturated carbocycles. The fourth-order valence-electron chi connectivity index (χ4n) is 5.20. The van der Waals surface area contributed by atoms with E-state index in [1.165, 1.54) is 44.9 Å². The lowest BCUT2D eigenvalue weighted by atomic mass is 9.85. The highest BCUT2D eigenvalue weighted by Crippen LogP contribution is 2.49. The predicted octanol–water partition coefficient (Wildman–Crippen LogP) is 5.22. The maximum absolute atomic E-state index is 12.9. The van der Waals surface area contributed by atoms with Crippen molar-refractivity contribution in [3.8, 4) is 71.0 Å². The van der Waals surface area contributed by atoms with Crippen molar-refractivity contribution in [2.75, 3.05) is 13.2 Å². The summed E-state index contributed by atoms with van der Waals surface area (Å²) in [5.74, 6) is 26.6. The fourth-order valence-corrected chi connectivity index (χ4v) is 6.74. The summed E-state index contributed by atoms with van der Waals surface area (Å²) in [6.45, 7) is 2.15. The molecule has 4 unspecified atom stereocenters. The number of carbonyl (C=O) groups is 2. The van der Waals surface area contributed by atoms with Gasteiger partial charge in [-0.2, -0.15) is 13.5 Å². The molecule has 0 amide bonds. The van der Waals surface area contributed by atoms with E-state index in [9.17, 15) is 44.0 Å². The van der Waals surface area contributed by atoms with E-state index in [-0.39, 0.29) is 35.6 Å². The second-order valence-corrected chi connectivity index (χ2v) is 15.3. The van der Waals surface area contributed by atoms with Gasteiger partial charge in [-0.1, -0.05) is 89.9 Å². The standard InChI is InChI=1S/C39H52O16P2.H2S.11H2/c1-3-5-7-9-11-13-15-16-18-20-22-24-26-28-33(41)53-31(29-51-32(40)27-25-23-21-19-17-14-12-10-8-6-4-2)30-52-57(49,50)55-39-36(44)34(42)35(43)38(37(39)45)54-56(46,47)48;;;;;;;;;;;;/h31,34-39,42-45H,3,5,7,9,11,13,15-16,18,20,22,24,26,28-30H2,1-2H3,(H,49,50)(H2,46,47,48);1H2;11*1H/t31-,34-,35?,36-,37?,38+,39?;;;;;;;;;;;;/m1............/s1. The Kier molecular flexibility index (Phi) is 29.8. The number of hydrogen-bond donors (Lipinski definition) is 7. The molecule has 0 aromatic rings. The van der Waals surface area contributed by atoms with Crippen LogP contribution in [0.1, 0.15) is 119 Å². The van der Waals surface area contributed by atoms with E-state index in [1.807, 2.05) is 0 Å². The molecule has 8 atom stereocenters. The van der Waals surface area contributed by atoms with E-state index in [0.29, 0.717) is 6.42 Å². The van der Waals surface area contributed by atoms with Gasteiger partial charge in [0.25, 0.3) is 0 Å². The van der Waals surface area contributed by atoms with Crippen LogP contribution in [0.2, 0.25) is 0 Å². The highest BCUT2D eigenvalue weighted by molar-refractivity contribution is 7.59. The number of aliphatic hydroxyl groups is 4. The summed E-state index contributed by atoms with van der Waals surface area (Å²) < 4.78 is 48.4. The highest BCUT2D eigenvalue weighted by atomic mass is 32.1. The molecule has 19 heteroatoms. The van der Waals surface area contributed by atoms with Crippen LogP contribution >= 0.6 is 29.1 Å². The molecule has 0 heterocycles. The number of hydrogen-bond acceptors (Lipinski definition) is 13. The molecule has 16 nitrogen and oxygen atoms in total. The van der Waals surface area contributed by atoms with Crippen LogP contribution in [0.25, 0.3) is 0 Å². The zero-order valence-corrected chi connectivity index (χ0v) is 35.3. The largest absolute Gasteiger partial charge is 0.472 e. The minimum atomic E-state index is -5.39. The Morgan fingerprint density at radius 1 is 0.621 bits per heavy atom. The van der Waals surface area contributed by atoms with Crippen LogP contribution in [0.5, 0.6) is 0 Å². The summed E-state index contributed by atoms with van der Waals surface area (Å²) in [5.41, 5.74) is 0. The molecule has 1 aliphatic rings. The molecule has 0 radical (unpaired) electrons. The van der Waals surface area contributed by atoms with Gasteiger partial charge in [-0.25, -0.2) is 13.9 Å². The van der Waals surface area contributed by atoms with Crippen molar-refractivity contribution in [3.05, 3.63) is 0 Å². The van der Waals surface area contributed by atoms with Gasteiger partial charge in [0.15, 0.2) is 6.10 Å². The second-order valence-electron chi connectivity index (χ2n) is 12.7. The van der Waals surface area contributed by atoms with Crippen LogP contribution in [0, 0.1) is 71.0 Å². The average Bonchev–Trinajstić information content (AvgIpc) is 3.16. The minimum absolute atomic E-state index is 0. The van der Waals surface area contributed by atoms with Gasteiger partial charge >= 0.3 is 27.6 Å². The third-order valence-electron chi connectivity index (χ3n) is 8.02. The van der Waals surface area contributed by atoms with E-state index in [4.69, 9.17) is 28.3 Å². The summed E-state index contributed by atoms with van der Waals surface area (Å²) in [4.78, 5) is 53.5. The zero-order valence-electron chi connectivity index (χ0n) is 32.6. The fraction of sp³-hybridized carbons (Fsp3) is 0.641. The van der Waals surface area contributed by atoms with Crippen LogP contribution in [0.15, 0.2) is 0 Å². The van der Waals surface area contributed by atoms with Crippen molar-refractivity contribution in [1.82, 2.24) is 0 Å². The Morgan fingerprint density at radius 3 is 1.55 bits per heavy atom. The molecule has 0 saturated heterocycles. The zero-order chi connectivity index (χ0) is 42.5. The van der Waals surface area contributed by atoms with Crippen molar-refractivity contribution in [3.63, 3.8) is 0 Å². The molecule has 0 aromatic carbocycles. The number of phosphoric acid groups is 2. The maximum Gasteiger partial charge on any atom is 0.472 e. The topological polar surface area (TPSA) is 256 Å². The third kappa shape index (κ3) is 25.9. The first-order chi connectivity index (χ1) is 27.1. The molecular formula is C39H76O16P2S. The average molecular weight is 895 g/mol. The monoisotopic (exact) mass is 894 g/mol. The first-order valence-corrected chi connectivity index (χ1v) is 21.5. The van der Waals surface area contributed by atoms with Gasteiger partial charge in [0.1, 0.15) is 43.2 Å². The van der Waals surface area contributed by atoms with E-state index < -0.39 is 83.5 Å². The number of carbonyl (C=O) groups excluding carboxylic acids is 2. The second kappa shape index (κ2) is 31.6. The van der Waals surface area contributed by atoms with Crippen molar-refractivity contribution >= 4 is 41.1 Å². The number of ether oxygens (including phenoxy) is 2. The van der Waals surface area contributed by atoms with E-state index in [2.05, 4.69) is 82.5 Å². The number of unbranched alkanes of at least 4 members (excludes halogenated alkanes) is 12. The lowest BCUT2D eigenvalue weighted by Gasteiger charge is -2.43. The number of esters is 2. The normalized spacial score (nSPS) is 20.8. The maximum atomic E-state index is 12.9. The van der Waals surface area contributed by atoms with Gasteiger partial charge in [-0.05, 0) is 72.5 Å².